The van der Waals surface area contributed by atoms with E-state index < -0.39 is 5.97 Å². The highest BCUT2D eigenvalue weighted by atomic mass is 35.5. The Balaban J connectivity index is 0.00000300. The maximum atomic E-state index is 12.5. The van der Waals surface area contributed by atoms with E-state index in [9.17, 15) is 9.59 Å². The number of anilines is 1. The summed E-state index contributed by atoms with van der Waals surface area (Å²) in [4.78, 5) is 28.1. The third kappa shape index (κ3) is 5.78. The van der Waals surface area contributed by atoms with E-state index in [1.807, 2.05) is 6.07 Å². The summed E-state index contributed by atoms with van der Waals surface area (Å²) in [6, 6.07) is 16.7. The number of amides is 1. The monoisotopic (exact) mass is 413 g/mol. The molecule has 0 aliphatic rings. The van der Waals surface area contributed by atoms with Crippen LogP contribution in [-0.2, 0) is 11.3 Å². The fourth-order valence-corrected chi connectivity index (χ4v) is 2.47. The van der Waals surface area contributed by atoms with E-state index in [0.29, 0.717) is 35.0 Å². The van der Waals surface area contributed by atoms with Crippen LogP contribution in [0.5, 0.6) is 11.6 Å². The van der Waals surface area contributed by atoms with Crippen LogP contribution in [0.3, 0.4) is 0 Å². The number of aromatic nitrogens is 1. The highest BCUT2D eigenvalue weighted by Crippen LogP contribution is 2.22. The Bertz CT molecular complexity index is 993. The van der Waals surface area contributed by atoms with Crippen molar-refractivity contribution in [1.29, 1.82) is 0 Å². The van der Waals surface area contributed by atoms with Gasteiger partial charge in [-0.2, -0.15) is 0 Å². The lowest BCUT2D eigenvalue weighted by Gasteiger charge is -2.09. The number of methoxy groups -OCH3 is 1. The molecule has 1 amide bonds. The van der Waals surface area contributed by atoms with E-state index in [-0.39, 0.29) is 18.3 Å². The fraction of sp³-hybridized carbons (Fsp3) is 0.0952. The van der Waals surface area contributed by atoms with E-state index in [1.165, 1.54) is 7.11 Å². The number of nitrogens with one attached hydrogen (secondary N) is 1. The zero-order chi connectivity index (χ0) is 19.9. The summed E-state index contributed by atoms with van der Waals surface area (Å²) in [6.45, 7) is 0.385. The molecule has 0 aliphatic carbocycles. The first-order valence-corrected chi connectivity index (χ1v) is 8.51. The number of carbonyl (C=O) groups is 2. The molecule has 2 aromatic carbocycles. The van der Waals surface area contributed by atoms with Crippen LogP contribution in [0.25, 0.3) is 0 Å². The number of benzene rings is 2. The van der Waals surface area contributed by atoms with Crippen molar-refractivity contribution in [2.45, 2.75) is 6.54 Å². The van der Waals surface area contributed by atoms with Gasteiger partial charge in [-0.15, -0.1) is 12.4 Å². The molecule has 0 aliphatic heterocycles. The van der Waals surface area contributed by atoms with Crippen molar-refractivity contribution in [1.82, 2.24) is 4.98 Å². The van der Waals surface area contributed by atoms with Gasteiger partial charge in [0.25, 0.3) is 5.91 Å². The second-order valence-corrected chi connectivity index (χ2v) is 5.86. The number of esters is 1. The number of hydrogen-bond acceptors (Lipinski definition) is 6. The molecule has 3 rings (SSSR count). The summed E-state index contributed by atoms with van der Waals surface area (Å²) in [5.74, 6) is 0.143. The summed E-state index contributed by atoms with van der Waals surface area (Å²) in [5.41, 5.74) is 7.90. The number of carbonyl (C=O) groups excluding carboxylic acids is 2. The van der Waals surface area contributed by atoms with Crippen molar-refractivity contribution in [2.24, 2.45) is 5.73 Å². The lowest BCUT2D eigenvalue weighted by atomic mass is 10.1. The summed E-state index contributed by atoms with van der Waals surface area (Å²) in [6.07, 6.45) is 1.62. The van der Waals surface area contributed by atoms with Gasteiger partial charge in [0.2, 0.25) is 5.88 Å². The third-order valence-corrected chi connectivity index (χ3v) is 3.92. The third-order valence-electron chi connectivity index (χ3n) is 3.92. The minimum Gasteiger partial charge on any atom is -0.465 e. The Kier molecular flexibility index (Phi) is 7.70. The second kappa shape index (κ2) is 10.2. The molecule has 3 N–H and O–H groups in total. The highest BCUT2D eigenvalue weighted by Gasteiger charge is 2.10. The quantitative estimate of drug-likeness (QED) is 0.596. The van der Waals surface area contributed by atoms with Crippen LogP contribution < -0.4 is 15.8 Å². The zero-order valence-corrected chi connectivity index (χ0v) is 16.4. The lowest BCUT2D eigenvalue weighted by Crippen LogP contribution is -2.12. The van der Waals surface area contributed by atoms with Crippen LogP contribution in [-0.4, -0.2) is 24.0 Å². The smallest absolute Gasteiger partial charge is 0.337 e. The van der Waals surface area contributed by atoms with Crippen LogP contribution in [0.1, 0.15) is 26.3 Å². The average molecular weight is 414 g/mol. The van der Waals surface area contributed by atoms with E-state index >= 15 is 0 Å². The normalized spacial score (nSPS) is 9.86. The number of pyridine rings is 1. The van der Waals surface area contributed by atoms with Gasteiger partial charge >= 0.3 is 5.97 Å². The van der Waals surface area contributed by atoms with Gasteiger partial charge in [-0.25, -0.2) is 9.78 Å². The molecule has 0 fully saturated rings. The molecule has 8 heteroatoms. The van der Waals surface area contributed by atoms with Crippen LogP contribution in [0.15, 0.2) is 66.9 Å². The first kappa shape index (κ1) is 21.9. The second-order valence-electron chi connectivity index (χ2n) is 5.86. The summed E-state index contributed by atoms with van der Waals surface area (Å²) >= 11 is 0. The van der Waals surface area contributed by atoms with Crippen molar-refractivity contribution < 1.29 is 19.1 Å². The van der Waals surface area contributed by atoms with Gasteiger partial charge in [-0.05, 0) is 54.1 Å². The van der Waals surface area contributed by atoms with Gasteiger partial charge in [-0.3, -0.25) is 4.79 Å². The predicted molar refractivity (Wildman–Crippen MR) is 112 cm³/mol. The Morgan fingerprint density at radius 1 is 1.03 bits per heavy atom. The van der Waals surface area contributed by atoms with Crippen LogP contribution in [0, 0.1) is 0 Å². The molecular weight excluding hydrogens is 394 g/mol. The van der Waals surface area contributed by atoms with Crippen molar-refractivity contribution in [3.8, 4) is 11.6 Å². The summed E-state index contributed by atoms with van der Waals surface area (Å²) in [7, 11) is 1.31. The van der Waals surface area contributed by atoms with E-state index in [0.717, 1.165) is 5.56 Å². The standard InChI is InChI=1S/C21H19N3O4.ClH/c1-27-21(26)15-5-7-17(8-6-15)24-20(25)16-3-2-4-18(12-16)28-19-11-14(13-22)9-10-23-19;/h2-12H,13,22H2,1H3,(H,24,25);1H. The first-order valence-electron chi connectivity index (χ1n) is 8.51. The molecule has 0 spiro atoms. The topological polar surface area (TPSA) is 104 Å². The van der Waals surface area contributed by atoms with Crippen LogP contribution in [0.2, 0.25) is 0 Å². The van der Waals surface area contributed by atoms with E-state index in [4.69, 9.17) is 10.5 Å². The first-order chi connectivity index (χ1) is 13.6. The molecule has 0 unspecified atom stereocenters. The van der Waals surface area contributed by atoms with E-state index in [1.54, 1.807) is 60.8 Å². The Morgan fingerprint density at radius 3 is 2.48 bits per heavy atom. The number of halogens is 1. The maximum absolute atomic E-state index is 12.5. The molecule has 0 atom stereocenters. The molecule has 0 saturated carbocycles. The molecular formula is C21H20ClN3O4. The number of rotatable bonds is 6. The largest absolute Gasteiger partial charge is 0.465 e. The Labute approximate surface area is 174 Å². The minimum atomic E-state index is -0.435. The molecule has 150 valence electrons. The van der Waals surface area contributed by atoms with Crippen molar-refractivity contribution in [2.75, 3.05) is 12.4 Å². The molecule has 3 aromatic rings. The fourth-order valence-electron chi connectivity index (χ4n) is 2.47. The Morgan fingerprint density at radius 2 is 1.79 bits per heavy atom. The number of nitrogens with zero attached hydrogens (tertiary/aromatic N) is 1. The lowest BCUT2D eigenvalue weighted by molar-refractivity contribution is 0.0600. The van der Waals surface area contributed by atoms with Crippen molar-refractivity contribution in [3.05, 3.63) is 83.6 Å². The van der Waals surface area contributed by atoms with Gasteiger partial charge < -0.3 is 20.5 Å². The van der Waals surface area contributed by atoms with Gasteiger partial charge in [0.1, 0.15) is 5.75 Å². The average Bonchev–Trinajstić information content (AvgIpc) is 2.74. The molecule has 1 aromatic heterocycles. The highest BCUT2D eigenvalue weighted by molar-refractivity contribution is 6.04. The molecule has 0 radical (unpaired) electrons. The zero-order valence-electron chi connectivity index (χ0n) is 15.6. The maximum Gasteiger partial charge on any atom is 0.337 e. The number of hydrogen-bond donors (Lipinski definition) is 2. The molecule has 0 bridgehead atoms. The van der Waals surface area contributed by atoms with Crippen molar-refractivity contribution >= 4 is 30.0 Å². The van der Waals surface area contributed by atoms with Gasteiger partial charge in [0.15, 0.2) is 0 Å². The molecule has 29 heavy (non-hydrogen) atoms. The van der Waals surface area contributed by atoms with E-state index in [2.05, 4.69) is 15.0 Å². The van der Waals surface area contributed by atoms with Crippen LogP contribution >= 0.6 is 12.4 Å². The molecule has 1 heterocycles. The predicted octanol–water partition coefficient (Wildman–Crippen LogP) is 3.79. The SMILES string of the molecule is COC(=O)c1ccc(NC(=O)c2cccc(Oc3cc(CN)ccn3)c2)cc1.Cl. The van der Waals surface area contributed by atoms with Gasteiger partial charge in [0, 0.05) is 30.1 Å². The van der Waals surface area contributed by atoms with Gasteiger partial charge in [0.05, 0.1) is 12.7 Å². The van der Waals surface area contributed by atoms with Crippen LogP contribution in [0.4, 0.5) is 5.69 Å². The summed E-state index contributed by atoms with van der Waals surface area (Å²) in [5, 5.41) is 2.77. The number of nitrogens with two attached hydrogens (primary N) is 1. The van der Waals surface area contributed by atoms with Crippen molar-refractivity contribution in [3.63, 3.8) is 0 Å². The summed E-state index contributed by atoms with van der Waals surface area (Å²) < 4.78 is 10.4. The minimum absolute atomic E-state index is 0. The molecule has 0 saturated heterocycles. The van der Waals surface area contributed by atoms with Gasteiger partial charge in [-0.1, -0.05) is 6.07 Å². The Hall–Kier alpha value is -3.42. The molecule has 7 nitrogen and oxygen atoms in total. The number of ether oxygens (including phenoxy) is 2.